The lowest BCUT2D eigenvalue weighted by molar-refractivity contribution is 0.0940. The number of carbonyl (C=O) groups is 1. The van der Waals surface area contributed by atoms with Gasteiger partial charge in [-0.05, 0) is 72.8 Å². The van der Waals surface area contributed by atoms with Gasteiger partial charge >= 0.3 is 0 Å². The highest BCUT2D eigenvalue weighted by Crippen LogP contribution is 2.22. The quantitative estimate of drug-likeness (QED) is 0.807. The number of thiophene rings is 1. The van der Waals surface area contributed by atoms with Gasteiger partial charge in [-0.15, -0.1) is 11.3 Å². The highest BCUT2D eigenvalue weighted by atomic mass is 127. The molecule has 4 heteroatoms. The summed E-state index contributed by atoms with van der Waals surface area (Å²) in [6.07, 6.45) is 0. The standard InChI is InChI=1S/C14H14INOS/c1-9-3-8-13(18-9)10(2)16-14(17)11-4-6-12(15)7-5-11/h3-8,10H,1-2H3,(H,16,17). The topological polar surface area (TPSA) is 29.1 Å². The largest absolute Gasteiger partial charge is 0.345 e. The highest BCUT2D eigenvalue weighted by Gasteiger charge is 2.12. The van der Waals surface area contributed by atoms with E-state index in [0.29, 0.717) is 5.56 Å². The van der Waals surface area contributed by atoms with Gasteiger partial charge in [-0.1, -0.05) is 0 Å². The van der Waals surface area contributed by atoms with Crippen LogP contribution in [0.3, 0.4) is 0 Å². The minimum absolute atomic E-state index is 0.0232. The lowest BCUT2D eigenvalue weighted by Gasteiger charge is -2.12. The van der Waals surface area contributed by atoms with Gasteiger partial charge < -0.3 is 5.32 Å². The number of hydrogen-bond acceptors (Lipinski definition) is 2. The van der Waals surface area contributed by atoms with Gasteiger partial charge in [-0.3, -0.25) is 4.79 Å². The Labute approximate surface area is 125 Å². The van der Waals surface area contributed by atoms with Gasteiger partial charge in [0.2, 0.25) is 0 Å². The number of nitrogens with one attached hydrogen (secondary N) is 1. The molecule has 1 atom stereocenters. The maximum Gasteiger partial charge on any atom is 0.251 e. The SMILES string of the molecule is Cc1ccc(C(C)NC(=O)c2ccc(I)cc2)s1. The summed E-state index contributed by atoms with van der Waals surface area (Å²) in [7, 11) is 0. The van der Waals surface area contributed by atoms with Crippen molar-refractivity contribution in [3.8, 4) is 0 Å². The van der Waals surface area contributed by atoms with Crippen LogP contribution in [-0.4, -0.2) is 5.91 Å². The molecule has 2 nitrogen and oxygen atoms in total. The van der Waals surface area contributed by atoms with E-state index in [0.717, 1.165) is 3.57 Å². The van der Waals surface area contributed by atoms with Crippen LogP contribution >= 0.6 is 33.9 Å². The predicted octanol–water partition coefficient (Wildman–Crippen LogP) is 4.15. The van der Waals surface area contributed by atoms with Crippen molar-refractivity contribution in [2.24, 2.45) is 0 Å². The van der Waals surface area contributed by atoms with Gasteiger partial charge in [0.1, 0.15) is 0 Å². The number of benzene rings is 1. The Morgan fingerprint density at radius 2 is 1.89 bits per heavy atom. The minimum Gasteiger partial charge on any atom is -0.345 e. The number of rotatable bonds is 3. The Hall–Kier alpha value is -0.880. The zero-order valence-electron chi connectivity index (χ0n) is 10.2. The van der Waals surface area contributed by atoms with E-state index < -0.39 is 0 Å². The molecule has 1 N–H and O–H groups in total. The van der Waals surface area contributed by atoms with Crippen LogP contribution in [0.4, 0.5) is 0 Å². The van der Waals surface area contributed by atoms with Crippen molar-refractivity contribution in [1.82, 2.24) is 5.32 Å². The first kappa shape index (κ1) is 13.5. The zero-order chi connectivity index (χ0) is 13.1. The fourth-order valence-corrected chi connectivity index (χ4v) is 2.88. The molecule has 0 radical (unpaired) electrons. The van der Waals surface area contributed by atoms with Crippen LogP contribution in [0.15, 0.2) is 36.4 Å². The molecule has 18 heavy (non-hydrogen) atoms. The Balaban J connectivity index is 2.05. The van der Waals surface area contributed by atoms with Gasteiger partial charge in [-0.25, -0.2) is 0 Å². The lowest BCUT2D eigenvalue weighted by Crippen LogP contribution is -2.26. The second-order valence-corrected chi connectivity index (χ2v) is 6.72. The van der Waals surface area contributed by atoms with Gasteiger partial charge in [0.25, 0.3) is 5.91 Å². The van der Waals surface area contributed by atoms with Crippen molar-refractivity contribution in [3.05, 3.63) is 55.3 Å². The second kappa shape index (κ2) is 5.84. The molecule has 0 bridgehead atoms. The van der Waals surface area contributed by atoms with Crippen molar-refractivity contribution in [1.29, 1.82) is 0 Å². The summed E-state index contributed by atoms with van der Waals surface area (Å²) < 4.78 is 1.13. The first-order chi connectivity index (χ1) is 8.56. The molecule has 1 aromatic heterocycles. The van der Waals surface area contributed by atoms with Crippen LogP contribution in [-0.2, 0) is 0 Å². The van der Waals surface area contributed by atoms with Gasteiger partial charge in [0, 0.05) is 18.9 Å². The van der Waals surface area contributed by atoms with E-state index in [1.54, 1.807) is 11.3 Å². The van der Waals surface area contributed by atoms with E-state index in [1.165, 1.54) is 9.75 Å². The predicted molar refractivity (Wildman–Crippen MR) is 84.1 cm³/mol. The van der Waals surface area contributed by atoms with Crippen LogP contribution in [0.2, 0.25) is 0 Å². The minimum atomic E-state index is -0.0232. The second-order valence-electron chi connectivity index (χ2n) is 4.15. The monoisotopic (exact) mass is 371 g/mol. The van der Waals surface area contributed by atoms with Crippen LogP contribution in [0.25, 0.3) is 0 Å². The average molecular weight is 371 g/mol. The van der Waals surface area contributed by atoms with E-state index >= 15 is 0 Å². The highest BCUT2D eigenvalue weighted by molar-refractivity contribution is 14.1. The molecule has 2 rings (SSSR count). The summed E-state index contributed by atoms with van der Waals surface area (Å²) in [6.45, 7) is 4.08. The van der Waals surface area contributed by atoms with Crippen molar-refractivity contribution in [3.63, 3.8) is 0 Å². The molecule has 0 fully saturated rings. The summed E-state index contributed by atoms with van der Waals surface area (Å²) in [5.41, 5.74) is 0.704. The molecule has 0 aliphatic carbocycles. The van der Waals surface area contributed by atoms with E-state index in [4.69, 9.17) is 0 Å². The molecule has 0 saturated heterocycles. The number of carbonyl (C=O) groups excluding carboxylic acids is 1. The van der Waals surface area contributed by atoms with Gasteiger partial charge in [0.05, 0.1) is 6.04 Å². The fourth-order valence-electron chi connectivity index (χ4n) is 1.64. The lowest BCUT2D eigenvalue weighted by atomic mass is 10.2. The van der Waals surface area contributed by atoms with Crippen LogP contribution in [0, 0.1) is 10.5 Å². The van der Waals surface area contributed by atoms with Gasteiger partial charge in [0.15, 0.2) is 0 Å². The number of hydrogen-bond donors (Lipinski definition) is 1. The average Bonchev–Trinajstić information content (AvgIpc) is 2.76. The Morgan fingerprint density at radius 3 is 2.44 bits per heavy atom. The van der Waals surface area contributed by atoms with Crippen molar-refractivity contribution < 1.29 is 4.79 Å². The normalized spacial score (nSPS) is 12.2. The van der Waals surface area contributed by atoms with E-state index in [9.17, 15) is 4.79 Å². The van der Waals surface area contributed by atoms with E-state index in [1.807, 2.05) is 31.2 Å². The van der Waals surface area contributed by atoms with Crippen molar-refractivity contribution >= 4 is 39.8 Å². The first-order valence-corrected chi connectivity index (χ1v) is 7.58. The molecule has 94 valence electrons. The summed E-state index contributed by atoms with van der Waals surface area (Å²) in [5.74, 6) is -0.0232. The molecule has 1 amide bonds. The van der Waals surface area contributed by atoms with Crippen LogP contribution in [0.1, 0.15) is 33.1 Å². The van der Waals surface area contributed by atoms with Gasteiger partial charge in [-0.2, -0.15) is 0 Å². The molecule has 1 aromatic carbocycles. The number of halogens is 1. The maximum atomic E-state index is 12.0. The number of aryl methyl sites for hydroxylation is 1. The molecule has 2 aromatic rings. The number of amides is 1. The Kier molecular flexibility index (Phi) is 4.40. The van der Waals surface area contributed by atoms with E-state index in [-0.39, 0.29) is 11.9 Å². The fraction of sp³-hybridized carbons (Fsp3) is 0.214. The van der Waals surface area contributed by atoms with Crippen molar-refractivity contribution in [2.75, 3.05) is 0 Å². The third kappa shape index (κ3) is 3.32. The summed E-state index contributed by atoms with van der Waals surface area (Å²) in [6, 6.07) is 11.8. The first-order valence-electron chi connectivity index (χ1n) is 5.69. The maximum absolute atomic E-state index is 12.0. The van der Waals surface area contributed by atoms with Crippen LogP contribution in [0.5, 0.6) is 0 Å². The van der Waals surface area contributed by atoms with Crippen molar-refractivity contribution in [2.45, 2.75) is 19.9 Å². The molecule has 1 heterocycles. The molecular formula is C14H14INOS. The summed E-state index contributed by atoms with van der Waals surface area (Å²) >= 11 is 3.95. The Morgan fingerprint density at radius 1 is 1.22 bits per heavy atom. The smallest absolute Gasteiger partial charge is 0.251 e. The van der Waals surface area contributed by atoms with Crippen LogP contribution < -0.4 is 5.32 Å². The third-order valence-electron chi connectivity index (χ3n) is 2.64. The molecule has 0 saturated carbocycles. The summed E-state index contributed by atoms with van der Waals surface area (Å²) in [4.78, 5) is 14.5. The molecule has 1 unspecified atom stereocenters. The zero-order valence-corrected chi connectivity index (χ0v) is 13.2. The van der Waals surface area contributed by atoms with E-state index in [2.05, 4.69) is 47.0 Å². The summed E-state index contributed by atoms with van der Waals surface area (Å²) in [5, 5.41) is 3.01. The molecule has 0 aliphatic heterocycles. The molecule has 0 aliphatic rings. The molecular weight excluding hydrogens is 357 g/mol. The Bertz CT molecular complexity index is 547. The molecule has 0 spiro atoms. The third-order valence-corrected chi connectivity index (χ3v) is 4.54.